The number of thiocarbonyl (C=S) groups is 1. The van der Waals surface area contributed by atoms with Crippen molar-refractivity contribution in [3.8, 4) is 0 Å². The van der Waals surface area contributed by atoms with Crippen LogP contribution in [0.5, 0.6) is 0 Å². The van der Waals surface area contributed by atoms with Crippen LogP contribution in [0.4, 0.5) is 0 Å². The number of nitrogens with one attached hydrogen (secondary N) is 1. The number of amides is 1. The number of carbonyl (C=O) groups is 1. The molecule has 2 heterocycles. The Balaban J connectivity index is 2.13. The van der Waals surface area contributed by atoms with Gasteiger partial charge in [0.25, 0.3) is 5.91 Å². The Hall–Kier alpha value is -0.780. The lowest BCUT2D eigenvalue weighted by Gasteiger charge is -2.01. The van der Waals surface area contributed by atoms with E-state index >= 15 is 0 Å². The van der Waals surface area contributed by atoms with Crippen molar-refractivity contribution in [3.63, 3.8) is 0 Å². The third kappa shape index (κ3) is 1.59. The molecule has 5 heteroatoms. The molecular weight excluding hydrogens is 258 g/mol. The zero-order chi connectivity index (χ0) is 11.1. The molecule has 2 nitrogen and oxygen atoms in total. The minimum absolute atomic E-state index is 0.0534. The zero-order valence-corrected chi connectivity index (χ0v) is 10.6. The van der Waals surface area contributed by atoms with Crippen LogP contribution in [0, 0.1) is 0 Å². The maximum atomic E-state index is 11.7. The van der Waals surface area contributed by atoms with Gasteiger partial charge in [-0.1, -0.05) is 42.2 Å². The lowest BCUT2D eigenvalue weighted by molar-refractivity contribution is -0.115. The van der Waals surface area contributed by atoms with E-state index in [1.165, 1.54) is 22.2 Å². The molecule has 0 unspecified atom stereocenters. The highest BCUT2D eigenvalue weighted by atomic mass is 32.2. The highest BCUT2D eigenvalue weighted by Crippen LogP contribution is 2.43. The fourth-order valence-corrected chi connectivity index (χ4v) is 4.10. The molecule has 0 aromatic heterocycles. The third-order valence-corrected chi connectivity index (χ3v) is 4.85. The third-order valence-electron chi connectivity index (χ3n) is 2.47. The highest BCUT2D eigenvalue weighted by molar-refractivity contribution is 8.27. The SMILES string of the molecule is O=C1NC(=S)SC1=C1CSc2ccccc21. The summed E-state index contributed by atoms with van der Waals surface area (Å²) in [6, 6.07) is 8.17. The summed E-state index contributed by atoms with van der Waals surface area (Å²) in [5.41, 5.74) is 2.29. The number of hydrogen-bond donors (Lipinski definition) is 1. The van der Waals surface area contributed by atoms with Crippen LogP contribution in [0.25, 0.3) is 5.57 Å². The number of hydrogen-bond acceptors (Lipinski definition) is 4. The molecule has 1 saturated heterocycles. The molecule has 2 aliphatic rings. The van der Waals surface area contributed by atoms with Gasteiger partial charge in [0.1, 0.15) is 4.32 Å². The van der Waals surface area contributed by atoms with Crippen LogP contribution in [0.15, 0.2) is 34.1 Å². The summed E-state index contributed by atoms with van der Waals surface area (Å²) >= 11 is 8.14. The summed E-state index contributed by atoms with van der Waals surface area (Å²) in [5, 5.41) is 2.66. The molecule has 1 aromatic rings. The normalized spacial score (nSPS) is 23.5. The summed E-state index contributed by atoms with van der Waals surface area (Å²) in [6.45, 7) is 0. The topological polar surface area (TPSA) is 29.1 Å². The Morgan fingerprint density at radius 1 is 1.31 bits per heavy atom. The second-order valence-electron chi connectivity index (χ2n) is 3.44. The molecule has 0 bridgehead atoms. The second-order valence-corrected chi connectivity index (χ2v) is 6.14. The predicted molar refractivity (Wildman–Crippen MR) is 72.4 cm³/mol. The number of thioether (sulfide) groups is 2. The van der Waals surface area contributed by atoms with E-state index in [1.54, 1.807) is 11.8 Å². The monoisotopic (exact) mass is 265 g/mol. The van der Waals surface area contributed by atoms with Crippen LogP contribution in [0.3, 0.4) is 0 Å². The quantitative estimate of drug-likeness (QED) is 0.577. The summed E-state index contributed by atoms with van der Waals surface area (Å²) in [5.74, 6) is 0.805. The molecule has 2 aliphatic heterocycles. The van der Waals surface area contributed by atoms with E-state index < -0.39 is 0 Å². The van der Waals surface area contributed by atoms with Crippen LogP contribution >= 0.6 is 35.7 Å². The van der Waals surface area contributed by atoms with Crippen molar-refractivity contribution in [1.29, 1.82) is 0 Å². The molecular formula is C11H7NOS3. The van der Waals surface area contributed by atoms with Gasteiger partial charge in [-0.3, -0.25) is 4.79 Å². The van der Waals surface area contributed by atoms with Crippen molar-refractivity contribution in [2.75, 3.05) is 5.75 Å². The average Bonchev–Trinajstić information content (AvgIpc) is 2.81. The van der Waals surface area contributed by atoms with Crippen LogP contribution in [0.1, 0.15) is 5.56 Å². The Kier molecular flexibility index (Phi) is 2.53. The first-order valence-corrected chi connectivity index (χ1v) is 6.95. The molecule has 1 fully saturated rings. The molecule has 0 saturated carbocycles. The van der Waals surface area contributed by atoms with Gasteiger partial charge in [0.2, 0.25) is 0 Å². The first-order chi connectivity index (χ1) is 7.75. The lowest BCUT2D eigenvalue weighted by Crippen LogP contribution is -2.18. The van der Waals surface area contributed by atoms with Crippen molar-refractivity contribution in [2.45, 2.75) is 4.90 Å². The Morgan fingerprint density at radius 2 is 2.12 bits per heavy atom. The molecule has 1 amide bonds. The molecule has 1 N–H and O–H groups in total. The standard InChI is InChI=1S/C11H7NOS3/c13-10-9(16-11(14)12-10)7-5-15-8-4-2-1-3-6(7)8/h1-4H,5H2,(H,12,13,14). The van der Waals surface area contributed by atoms with E-state index in [-0.39, 0.29) is 5.91 Å². The van der Waals surface area contributed by atoms with Gasteiger partial charge in [-0.25, -0.2) is 0 Å². The van der Waals surface area contributed by atoms with Gasteiger partial charge in [0.05, 0.1) is 4.91 Å². The van der Waals surface area contributed by atoms with Gasteiger partial charge in [0.15, 0.2) is 0 Å². The zero-order valence-electron chi connectivity index (χ0n) is 8.15. The molecule has 0 spiro atoms. The fourth-order valence-electron chi connectivity index (χ4n) is 1.77. The van der Waals surface area contributed by atoms with Gasteiger partial charge >= 0.3 is 0 Å². The van der Waals surface area contributed by atoms with E-state index in [4.69, 9.17) is 12.2 Å². The smallest absolute Gasteiger partial charge is 0.263 e. The van der Waals surface area contributed by atoms with E-state index in [1.807, 2.05) is 12.1 Å². The predicted octanol–water partition coefficient (Wildman–Crippen LogP) is 2.65. The van der Waals surface area contributed by atoms with Crippen LogP contribution < -0.4 is 5.32 Å². The average molecular weight is 265 g/mol. The molecule has 0 atom stereocenters. The Labute approximate surface area is 107 Å². The first-order valence-electron chi connectivity index (χ1n) is 4.74. The van der Waals surface area contributed by atoms with Crippen LogP contribution in [0.2, 0.25) is 0 Å². The van der Waals surface area contributed by atoms with E-state index in [9.17, 15) is 4.79 Å². The maximum absolute atomic E-state index is 11.7. The molecule has 1 aromatic carbocycles. The Bertz CT molecular complexity index is 536. The van der Waals surface area contributed by atoms with Crippen LogP contribution in [-0.4, -0.2) is 16.0 Å². The number of benzene rings is 1. The molecule has 3 rings (SSSR count). The van der Waals surface area contributed by atoms with Gasteiger partial charge in [-0.15, -0.1) is 11.8 Å². The highest BCUT2D eigenvalue weighted by Gasteiger charge is 2.29. The van der Waals surface area contributed by atoms with Crippen molar-refractivity contribution >= 4 is 51.5 Å². The lowest BCUT2D eigenvalue weighted by atomic mass is 10.1. The number of fused-ring (bicyclic) bond motifs is 1. The number of rotatable bonds is 0. The second kappa shape index (κ2) is 3.91. The summed E-state index contributed by atoms with van der Waals surface area (Å²) < 4.78 is 0.557. The van der Waals surface area contributed by atoms with Crippen LogP contribution in [-0.2, 0) is 4.79 Å². The minimum Gasteiger partial charge on any atom is -0.307 e. The molecule has 0 radical (unpaired) electrons. The molecule has 0 aliphatic carbocycles. The van der Waals surface area contributed by atoms with Crippen molar-refractivity contribution in [2.24, 2.45) is 0 Å². The fraction of sp³-hybridized carbons (Fsp3) is 0.0909. The van der Waals surface area contributed by atoms with E-state index in [0.717, 1.165) is 16.2 Å². The number of carbonyl (C=O) groups excluding carboxylic acids is 1. The first kappa shape index (κ1) is 10.4. The van der Waals surface area contributed by atoms with Gasteiger partial charge in [-0.2, -0.15) is 0 Å². The van der Waals surface area contributed by atoms with Gasteiger partial charge < -0.3 is 5.32 Å². The van der Waals surface area contributed by atoms with Crippen molar-refractivity contribution in [1.82, 2.24) is 5.32 Å². The Morgan fingerprint density at radius 3 is 2.88 bits per heavy atom. The van der Waals surface area contributed by atoms with Crippen molar-refractivity contribution in [3.05, 3.63) is 34.7 Å². The summed E-state index contributed by atoms with van der Waals surface area (Å²) in [4.78, 5) is 13.7. The maximum Gasteiger partial charge on any atom is 0.263 e. The van der Waals surface area contributed by atoms with Gasteiger partial charge in [-0.05, 0) is 17.2 Å². The largest absolute Gasteiger partial charge is 0.307 e. The minimum atomic E-state index is -0.0534. The van der Waals surface area contributed by atoms with Gasteiger partial charge in [0, 0.05) is 10.6 Å². The van der Waals surface area contributed by atoms with E-state index in [2.05, 4.69) is 17.4 Å². The summed E-state index contributed by atoms with van der Waals surface area (Å²) in [6.07, 6.45) is 0. The summed E-state index contributed by atoms with van der Waals surface area (Å²) in [7, 11) is 0. The van der Waals surface area contributed by atoms with E-state index in [0.29, 0.717) is 4.32 Å². The van der Waals surface area contributed by atoms with Crippen molar-refractivity contribution < 1.29 is 4.79 Å². The molecule has 16 heavy (non-hydrogen) atoms. The molecule has 80 valence electrons.